The van der Waals surface area contributed by atoms with E-state index in [1.165, 1.54) is 0 Å². The van der Waals surface area contributed by atoms with Crippen molar-refractivity contribution in [3.05, 3.63) is 88.7 Å². The molecule has 1 heterocycles. The fraction of sp³-hybridized carbons (Fsp3) is 0.208. The molecule has 3 rings (SSSR count). The van der Waals surface area contributed by atoms with Gasteiger partial charge in [-0.05, 0) is 74.4 Å². The average molecular weight is 419 g/mol. The number of nitrogens with one attached hydrogen (secondary N) is 2. The fourth-order valence-corrected chi connectivity index (χ4v) is 3.08. The number of amides is 2. The Labute approximate surface area is 181 Å². The number of hydrogen-bond donors (Lipinski definition) is 2. The first kappa shape index (κ1) is 21.8. The molecule has 7 heteroatoms. The van der Waals surface area contributed by atoms with E-state index in [-0.39, 0.29) is 0 Å². The molecule has 0 atom stereocenters. The Kier molecular flexibility index (Phi) is 7.22. The van der Waals surface area contributed by atoms with E-state index in [1.54, 1.807) is 48.8 Å². The quantitative estimate of drug-likeness (QED) is 0.570. The molecule has 160 valence electrons. The Hall–Kier alpha value is -3.87. The molecule has 2 aromatic carbocycles. The first-order valence-electron chi connectivity index (χ1n) is 9.94. The van der Waals surface area contributed by atoms with E-state index < -0.39 is 11.8 Å². The summed E-state index contributed by atoms with van der Waals surface area (Å²) in [7, 11) is 0. The minimum Gasteiger partial charge on any atom is -0.494 e. The van der Waals surface area contributed by atoms with Crippen molar-refractivity contribution >= 4 is 11.8 Å². The van der Waals surface area contributed by atoms with E-state index in [0.717, 1.165) is 22.4 Å². The molecule has 7 nitrogen and oxygen atoms in total. The second-order valence-electron chi connectivity index (χ2n) is 6.95. The van der Waals surface area contributed by atoms with Crippen molar-refractivity contribution in [3.8, 4) is 11.5 Å². The maximum atomic E-state index is 12.5. The first-order valence-corrected chi connectivity index (χ1v) is 9.94. The van der Waals surface area contributed by atoms with Crippen LogP contribution in [-0.4, -0.2) is 23.4 Å². The van der Waals surface area contributed by atoms with Crippen LogP contribution in [0.4, 0.5) is 0 Å². The number of carbonyl (C=O) groups is 2. The van der Waals surface area contributed by atoms with Crippen molar-refractivity contribution in [1.82, 2.24) is 15.8 Å². The topological polar surface area (TPSA) is 89.6 Å². The van der Waals surface area contributed by atoms with Crippen LogP contribution in [0.3, 0.4) is 0 Å². The van der Waals surface area contributed by atoms with Crippen LogP contribution in [0.25, 0.3) is 0 Å². The molecule has 0 spiro atoms. The molecular formula is C24H25N3O4. The molecule has 1 aromatic heterocycles. The Morgan fingerprint density at radius 2 is 1.55 bits per heavy atom. The van der Waals surface area contributed by atoms with E-state index in [4.69, 9.17) is 9.47 Å². The summed E-state index contributed by atoms with van der Waals surface area (Å²) in [5.74, 6) is 0.573. The highest BCUT2D eigenvalue weighted by atomic mass is 16.5. The van der Waals surface area contributed by atoms with Crippen LogP contribution in [0.2, 0.25) is 0 Å². The number of hydrazine groups is 1. The zero-order valence-electron chi connectivity index (χ0n) is 17.8. The van der Waals surface area contributed by atoms with Crippen LogP contribution in [0.1, 0.15) is 44.3 Å². The molecule has 0 bridgehead atoms. The molecule has 0 unspecified atom stereocenters. The Morgan fingerprint density at radius 3 is 2.13 bits per heavy atom. The first-order chi connectivity index (χ1) is 15.0. The number of rotatable bonds is 7. The molecule has 31 heavy (non-hydrogen) atoms. The number of pyridine rings is 1. The van der Waals surface area contributed by atoms with Crippen LogP contribution in [0.15, 0.2) is 60.9 Å². The smallest absolute Gasteiger partial charge is 0.269 e. The second-order valence-corrected chi connectivity index (χ2v) is 6.95. The zero-order chi connectivity index (χ0) is 22.2. The lowest BCUT2D eigenvalue weighted by Gasteiger charge is -2.14. The van der Waals surface area contributed by atoms with E-state index in [9.17, 15) is 9.59 Å². The molecule has 3 aromatic rings. The van der Waals surface area contributed by atoms with Gasteiger partial charge in [0.1, 0.15) is 18.1 Å². The number of nitrogens with zero attached hydrogens (tertiary/aromatic N) is 1. The van der Waals surface area contributed by atoms with Crippen LogP contribution in [0.5, 0.6) is 11.5 Å². The van der Waals surface area contributed by atoms with Gasteiger partial charge in [0, 0.05) is 29.1 Å². The lowest BCUT2D eigenvalue weighted by atomic mass is 10.1. The SMILES string of the molecule is CCOc1ccc(C(=O)NNC(=O)c2cc(C)c(OCc3cccnc3)c(C)c2)cc1. The van der Waals surface area contributed by atoms with E-state index in [1.807, 2.05) is 32.9 Å². The van der Waals surface area contributed by atoms with Gasteiger partial charge in [-0.1, -0.05) is 6.07 Å². The predicted molar refractivity (Wildman–Crippen MR) is 117 cm³/mol. The van der Waals surface area contributed by atoms with E-state index in [0.29, 0.717) is 30.1 Å². The predicted octanol–water partition coefficient (Wildman–Crippen LogP) is 3.75. The molecule has 0 saturated carbocycles. The normalized spacial score (nSPS) is 10.3. The molecule has 0 aliphatic rings. The van der Waals surface area contributed by atoms with Gasteiger partial charge in [-0.15, -0.1) is 0 Å². The van der Waals surface area contributed by atoms with Gasteiger partial charge in [-0.3, -0.25) is 25.4 Å². The van der Waals surface area contributed by atoms with Crippen LogP contribution in [0, 0.1) is 13.8 Å². The minimum atomic E-state index is -0.415. The van der Waals surface area contributed by atoms with Gasteiger partial charge < -0.3 is 9.47 Å². The number of aryl methyl sites for hydroxylation is 2. The van der Waals surface area contributed by atoms with Crippen molar-refractivity contribution in [2.45, 2.75) is 27.4 Å². The summed E-state index contributed by atoms with van der Waals surface area (Å²) in [5.41, 5.74) is 8.33. The number of aromatic nitrogens is 1. The van der Waals surface area contributed by atoms with Crippen molar-refractivity contribution in [2.75, 3.05) is 6.61 Å². The Morgan fingerprint density at radius 1 is 0.903 bits per heavy atom. The van der Waals surface area contributed by atoms with Gasteiger partial charge in [-0.2, -0.15) is 0 Å². The van der Waals surface area contributed by atoms with E-state index in [2.05, 4.69) is 15.8 Å². The molecule has 2 N–H and O–H groups in total. The highest BCUT2D eigenvalue weighted by molar-refractivity contribution is 5.99. The summed E-state index contributed by atoms with van der Waals surface area (Å²) < 4.78 is 11.3. The van der Waals surface area contributed by atoms with Gasteiger partial charge in [0.25, 0.3) is 11.8 Å². The summed E-state index contributed by atoms with van der Waals surface area (Å²) in [6, 6.07) is 13.9. The number of benzene rings is 2. The third kappa shape index (κ3) is 5.82. The number of carbonyl (C=O) groups excluding carboxylic acids is 2. The maximum Gasteiger partial charge on any atom is 0.269 e. The monoisotopic (exact) mass is 419 g/mol. The maximum absolute atomic E-state index is 12.5. The van der Waals surface area contributed by atoms with Gasteiger partial charge >= 0.3 is 0 Å². The average Bonchev–Trinajstić information content (AvgIpc) is 2.78. The summed E-state index contributed by atoms with van der Waals surface area (Å²) in [5, 5.41) is 0. The van der Waals surface area contributed by atoms with Gasteiger partial charge in [0.15, 0.2) is 0 Å². The molecule has 0 radical (unpaired) electrons. The second kappa shape index (κ2) is 10.2. The lowest BCUT2D eigenvalue weighted by Crippen LogP contribution is -2.41. The molecule has 0 aliphatic carbocycles. The summed E-state index contributed by atoms with van der Waals surface area (Å²) in [6.07, 6.45) is 3.46. The van der Waals surface area contributed by atoms with Crippen LogP contribution >= 0.6 is 0 Å². The van der Waals surface area contributed by atoms with Crippen molar-refractivity contribution in [3.63, 3.8) is 0 Å². The van der Waals surface area contributed by atoms with Gasteiger partial charge in [0.05, 0.1) is 6.61 Å². The summed E-state index contributed by atoms with van der Waals surface area (Å²) in [6.45, 7) is 6.58. The fourth-order valence-electron chi connectivity index (χ4n) is 3.08. The largest absolute Gasteiger partial charge is 0.494 e. The van der Waals surface area contributed by atoms with Crippen molar-refractivity contribution in [1.29, 1.82) is 0 Å². The molecular weight excluding hydrogens is 394 g/mol. The summed E-state index contributed by atoms with van der Waals surface area (Å²) >= 11 is 0. The lowest BCUT2D eigenvalue weighted by molar-refractivity contribution is 0.0846. The standard InChI is InChI=1S/C24H25N3O4/c1-4-30-21-9-7-19(8-10-21)23(28)26-27-24(29)20-12-16(2)22(17(3)13-20)31-15-18-6-5-11-25-14-18/h5-14H,4,15H2,1-3H3,(H,26,28)(H,27,29). The Bertz CT molecular complexity index is 1030. The van der Waals surface area contributed by atoms with Gasteiger partial charge in [-0.25, -0.2) is 0 Å². The van der Waals surface area contributed by atoms with Crippen LogP contribution < -0.4 is 20.3 Å². The highest BCUT2D eigenvalue weighted by Gasteiger charge is 2.13. The molecule has 0 fully saturated rings. The highest BCUT2D eigenvalue weighted by Crippen LogP contribution is 2.25. The minimum absolute atomic E-state index is 0.388. The third-order valence-corrected chi connectivity index (χ3v) is 4.55. The van der Waals surface area contributed by atoms with Gasteiger partial charge in [0.2, 0.25) is 0 Å². The zero-order valence-corrected chi connectivity index (χ0v) is 17.8. The van der Waals surface area contributed by atoms with Crippen molar-refractivity contribution in [2.24, 2.45) is 0 Å². The summed E-state index contributed by atoms with van der Waals surface area (Å²) in [4.78, 5) is 28.9. The van der Waals surface area contributed by atoms with Crippen molar-refractivity contribution < 1.29 is 19.1 Å². The third-order valence-electron chi connectivity index (χ3n) is 4.55. The Balaban J connectivity index is 1.60. The molecule has 2 amide bonds. The molecule has 0 aliphatic heterocycles. The van der Waals surface area contributed by atoms with Crippen LogP contribution in [-0.2, 0) is 6.61 Å². The number of hydrogen-bond acceptors (Lipinski definition) is 5. The van der Waals surface area contributed by atoms with E-state index >= 15 is 0 Å². The number of ether oxygens (including phenoxy) is 2. The molecule has 0 saturated heterocycles.